The topological polar surface area (TPSA) is 21.1 Å². The first-order valence-electron chi connectivity index (χ1n) is 5.26. The summed E-state index contributed by atoms with van der Waals surface area (Å²) in [5.74, 6) is 0. The summed E-state index contributed by atoms with van der Waals surface area (Å²) >= 11 is 0. The molecule has 0 N–H and O–H groups in total. The standard InChI is InChI=1S/C11H19N3/c1-9-7-14-10(5-6-12-14)8-13(9)11(2,3)4/h5-6,9H,7-8H2,1-4H3. The maximum absolute atomic E-state index is 4.31. The van der Waals surface area contributed by atoms with Crippen LogP contribution in [-0.4, -0.2) is 26.3 Å². The molecule has 1 aliphatic heterocycles. The number of rotatable bonds is 0. The number of fused-ring (bicyclic) bond motifs is 1. The van der Waals surface area contributed by atoms with Crippen LogP contribution in [0.5, 0.6) is 0 Å². The summed E-state index contributed by atoms with van der Waals surface area (Å²) in [4.78, 5) is 2.53. The van der Waals surface area contributed by atoms with Crippen molar-refractivity contribution in [3.05, 3.63) is 18.0 Å². The summed E-state index contributed by atoms with van der Waals surface area (Å²) in [6.45, 7) is 11.1. The van der Waals surface area contributed by atoms with Crippen molar-refractivity contribution in [3.8, 4) is 0 Å². The molecule has 2 heterocycles. The zero-order valence-corrected chi connectivity index (χ0v) is 9.49. The predicted molar refractivity (Wildman–Crippen MR) is 57.0 cm³/mol. The third-order valence-corrected chi connectivity index (χ3v) is 2.97. The summed E-state index contributed by atoms with van der Waals surface area (Å²) < 4.78 is 2.12. The van der Waals surface area contributed by atoms with E-state index in [-0.39, 0.29) is 5.54 Å². The molecule has 14 heavy (non-hydrogen) atoms. The van der Waals surface area contributed by atoms with E-state index in [4.69, 9.17) is 0 Å². The highest BCUT2D eigenvalue weighted by molar-refractivity contribution is 5.05. The summed E-state index contributed by atoms with van der Waals surface area (Å²) in [5.41, 5.74) is 1.58. The minimum atomic E-state index is 0.245. The van der Waals surface area contributed by atoms with Gasteiger partial charge in [0.25, 0.3) is 0 Å². The molecule has 0 spiro atoms. The Balaban J connectivity index is 2.26. The van der Waals surface area contributed by atoms with E-state index in [1.807, 2.05) is 6.20 Å². The molecule has 0 aliphatic carbocycles. The van der Waals surface area contributed by atoms with Gasteiger partial charge < -0.3 is 0 Å². The van der Waals surface area contributed by atoms with Crippen molar-refractivity contribution in [2.24, 2.45) is 0 Å². The van der Waals surface area contributed by atoms with Gasteiger partial charge >= 0.3 is 0 Å². The fraction of sp³-hybridized carbons (Fsp3) is 0.727. The van der Waals surface area contributed by atoms with E-state index >= 15 is 0 Å². The van der Waals surface area contributed by atoms with Gasteiger partial charge in [-0.25, -0.2) is 0 Å². The molecule has 1 aromatic heterocycles. The quantitative estimate of drug-likeness (QED) is 0.627. The molecule has 0 saturated heterocycles. The molecule has 0 fully saturated rings. The Bertz CT molecular complexity index is 322. The van der Waals surface area contributed by atoms with Crippen LogP contribution in [0, 0.1) is 0 Å². The van der Waals surface area contributed by atoms with E-state index < -0.39 is 0 Å². The highest BCUT2D eigenvalue weighted by Crippen LogP contribution is 2.24. The molecule has 1 atom stereocenters. The van der Waals surface area contributed by atoms with Crippen molar-refractivity contribution in [1.82, 2.24) is 14.7 Å². The largest absolute Gasteiger partial charge is 0.288 e. The van der Waals surface area contributed by atoms with Gasteiger partial charge in [0.05, 0.1) is 12.2 Å². The lowest BCUT2D eigenvalue weighted by atomic mass is 10.0. The maximum atomic E-state index is 4.31. The average molecular weight is 193 g/mol. The Kier molecular flexibility index (Phi) is 2.14. The van der Waals surface area contributed by atoms with Crippen LogP contribution in [0.15, 0.2) is 12.3 Å². The van der Waals surface area contributed by atoms with Crippen molar-refractivity contribution in [1.29, 1.82) is 0 Å². The Morgan fingerprint density at radius 3 is 2.79 bits per heavy atom. The second kappa shape index (κ2) is 3.09. The zero-order chi connectivity index (χ0) is 10.3. The van der Waals surface area contributed by atoms with Crippen LogP contribution in [-0.2, 0) is 13.1 Å². The van der Waals surface area contributed by atoms with Gasteiger partial charge in [-0.05, 0) is 33.8 Å². The first-order chi connectivity index (χ1) is 6.48. The minimum absolute atomic E-state index is 0.245. The van der Waals surface area contributed by atoms with E-state index in [0.29, 0.717) is 6.04 Å². The lowest BCUT2D eigenvalue weighted by molar-refractivity contribution is 0.0490. The molecule has 0 saturated carbocycles. The van der Waals surface area contributed by atoms with Crippen molar-refractivity contribution >= 4 is 0 Å². The molecule has 1 aliphatic rings. The van der Waals surface area contributed by atoms with Gasteiger partial charge in [-0.2, -0.15) is 5.10 Å². The average Bonchev–Trinajstić information content (AvgIpc) is 2.47. The highest BCUT2D eigenvalue weighted by atomic mass is 15.4. The van der Waals surface area contributed by atoms with Crippen molar-refractivity contribution < 1.29 is 0 Å². The second-order valence-corrected chi connectivity index (χ2v) is 5.15. The van der Waals surface area contributed by atoms with E-state index in [2.05, 4.69) is 48.4 Å². The van der Waals surface area contributed by atoms with Gasteiger partial charge in [-0.15, -0.1) is 0 Å². The molecule has 3 nitrogen and oxygen atoms in total. The van der Waals surface area contributed by atoms with E-state index in [1.165, 1.54) is 5.69 Å². The Morgan fingerprint density at radius 2 is 2.14 bits per heavy atom. The molecular weight excluding hydrogens is 174 g/mol. The maximum Gasteiger partial charge on any atom is 0.0566 e. The van der Waals surface area contributed by atoms with Crippen molar-refractivity contribution in [3.63, 3.8) is 0 Å². The summed E-state index contributed by atoms with van der Waals surface area (Å²) in [7, 11) is 0. The fourth-order valence-electron chi connectivity index (χ4n) is 2.24. The first-order valence-corrected chi connectivity index (χ1v) is 5.26. The van der Waals surface area contributed by atoms with Crippen molar-refractivity contribution in [2.75, 3.05) is 0 Å². The SMILES string of the molecule is CC1Cn2nccc2CN1C(C)(C)C. The van der Waals surface area contributed by atoms with Crippen molar-refractivity contribution in [2.45, 2.75) is 52.4 Å². The molecule has 0 amide bonds. The Morgan fingerprint density at radius 1 is 1.43 bits per heavy atom. The van der Waals surface area contributed by atoms with E-state index in [9.17, 15) is 0 Å². The molecule has 78 valence electrons. The lowest BCUT2D eigenvalue weighted by Crippen LogP contribution is -2.51. The molecule has 1 unspecified atom stereocenters. The molecule has 0 radical (unpaired) electrons. The lowest BCUT2D eigenvalue weighted by Gasteiger charge is -2.43. The predicted octanol–water partition coefficient (Wildman–Crippen LogP) is 1.89. The second-order valence-electron chi connectivity index (χ2n) is 5.15. The van der Waals surface area contributed by atoms with Crippen LogP contribution >= 0.6 is 0 Å². The van der Waals surface area contributed by atoms with Gasteiger partial charge in [-0.3, -0.25) is 9.58 Å². The molecule has 0 bridgehead atoms. The van der Waals surface area contributed by atoms with Crippen LogP contribution in [0.25, 0.3) is 0 Å². The fourth-order valence-corrected chi connectivity index (χ4v) is 2.24. The van der Waals surface area contributed by atoms with Gasteiger partial charge in [0, 0.05) is 24.3 Å². The van der Waals surface area contributed by atoms with E-state index in [0.717, 1.165) is 13.1 Å². The smallest absolute Gasteiger partial charge is 0.0566 e. The first kappa shape index (κ1) is 9.71. The minimum Gasteiger partial charge on any atom is -0.288 e. The molecule has 3 heteroatoms. The zero-order valence-electron chi connectivity index (χ0n) is 9.49. The van der Waals surface area contributed by atoms with Crippen LogP contribution < -0.4 is 0 Å². The van der Waals surface area contributed by atoms with Crippen LogP contribution in [0.4, 0.5) is 0 Å². The molecular formula is C11H19N3. The monoisotopic (exact) mass is 193 g/mol. The molecule has 2 rings (SSSR count). The third kappa shape index (κ3) is 1.57. The number of nitrogens with zero attached hydrogens (tertiary/aromatic N) is 3. The normalized spacial score (nSPS) is 23.6. The van der Waals surface area contributed by atoms with Gasteiger partial charge in [-0.1, -0.05) is 0 Å². The summed E-state index contributed by atoms with van der Waals surface area (Å²) in [5, 5.41) is 4.31. The molecule has 0 aromatic carbocycles. The molecule has 1 aromatic rings. The van der Waals surface area contributed by atoms with Crippen LogP contribution in [0.2, 0.25) is 0 Å². The van der Waals surface area contributed by atoms with Gasteiger partial charge in [0.2, 0.25) is 0 Å². The summed E-state index contributed by atoms with van der Waals surface area (Å²) in [6, 6.07) is 2.69. The number of hydrogen-bond donors (Lipinski definition) is 0. The Labute approximate surface area is 85.7 Å². The summed E-state index contributed by atoms with van der Waals surface area (Å²) in [6.07, 6.45) is 1.90. The number of aromatic nitrogens is 2. The van der Waals surface area contributed by atoms with Gasteiger partial charge in [0.15, 0.2) is 0 Å². The van der Waals surface area contributed by atoms with Crippen LogP contribution in [0.3, 0.4) is 0 Å². The third-order valence-electron chi connectivity index (χ3n) is 2.97. The van der Waals surface area contributed by atoms with Gasteiger partial charge in [0.1, 0.15) is 0 Å². The van der Waals surface area contributed by atoms with Crippen LogP contribution in [0.1, 0.15) is 33.4 Å². The van der Waals surface area contributed by atoms with E-state index in [1.54, 1.807) is 0 Å². The Hall–Kier alpha value is -0.830. The highest BCUT2D eigenvalue weighted by Gasteiger charge is 2.30. The number of hydrogen-bond acceptors (Lipinski definition) is 2.